The van der Waals surface area contributed by atoms with Gasteiger partial charge in [0.1, 0.15) is 11.3 Å². The van der Waals surface area contributed by atoms with E-state index in [-0.39, 0.29) is 16.4 Å². The highest BCUT2D eigenvalue weighted by atomic mass is 32.1. The summed E-state index contributed by atoms with van der Waals surface area (Å²) in [6, 6.07) is 16.2. The fourth-order valence-electron chi connectivity index (χ4n) is 3.27. The van der Waals surface area contributed by atoms with E-state index < -0.39 is 16.7 Å². The number of methoxy groups -OCH3 is 1. The number of amides is 2. The quantitative estimate of drug-likeness (QED) is 0.211. The van der Waals surface area contributed by atoms with Crippen LogP contribution in [-0.2, 0) is 9.59 Å². The summed E-state index contributed by atoms with van der Waals surface area (Å²) in [4.78, 5) is 37.5. The Morgan fingerprint density at radius 2 is 1.81 bits per heavy atom. The number of thiocarbonyl (C=S) groups is 1. The van der Waals surface area contributed by atoms with Gasteiger partial charge in [-0.2, -0.15) is 0 Å². The van der Waals surface area contributed by atoms with Crippen molar-refractivity contribution in [2.24, 2.45) is 0 Å². The molecule has 1 fully saturated rings. The minimum Gasteiger partial charge on any atom is -0.497 e. The van der Waals surface area contributed by atoms with E-state index >= 15 is 0 Å². The molecular formula is C22H16N4O5S. The first-order valence-corrected chi connectivity index (χ1v) is 9.77. The number of aromatic nitrogens is 1. The van der Waals surface area contributed by atoms with Crippen molar-refractivity contribution in [3.8, 4) is 11.4 Å². The van der Waals surface area contributed by atoms with Crippen molar-refractivity contribution >= 4 is 46.6 Å². The van der Waals surface area contributed by atoms with Gasteiger partial charge in [0.25, 0.3) is 17.5 Å². The molecular weight excluding hydrogens is 432 g/mol. The number of hydrogen-bond acceptors (Lipinski definition) is 6. The maximum atomic E-state index is 13.2. The molecule has 2 amide bonds. The van der Waals surface area contributed by atoms with Gasteiger partial charge in [0.05, 0.1) is 17.7 Å². The zero-order valence-corrected chi connectivity index (χ0v) is 17.5. The van der Waals surface area contributed by atoms with Gasteiger partial charge in [0, 0.05) is 35.8 Å². The maximum absolute atomic E-state index is 13.2. The predicted molar refractivity (Wildman–Crippen MR) is 122 cm³/mol. The average Bonchev–Trinajstić information content (AvgIpc) is 3.25. The fourth-order valence-corrected chi connectivity index (χ4v) is 3.55. The Morgan fingerprint density at radius 3 is 2.50 bits per heavy atom. The zero-order valence-electron chi connectivity index (χ0n) is 16.7. The van der Waals surface area contributed by atoms with E-state index in [1.807, 2.05) is 0 Å². The molecule has 0 saturated carbocycles. The smallest absolute Gasteiger partial charge is 0.270 e. The first-order chi connectivity index (χ1) is 15.4. The van der Waals surface area contributed by atoms with E-state index in [2.05, 4.69) is 5.32 Å². The van der Waals surface area contributed by atoms with Crippen LogP contribution in [-0.4, -0.2) is 33.5 Å². The van der Waals surface area contributed by atoms with E-state index in [0.717, 1.165) is 0 Å². The van der Waals surface area contributed by atoms with Crippen molar-refractivity contribution in [1.82, 2.24) is 9.88 Å². The normalized spacial score (nSPS) is 15.1. The topological polar surface area (TPSA) is 107 Å². The number of nitrogens with one attached hydrogen (secondary N) is 1. The van der Waals surface area contributed by atoms with Crippen molar-refractivity contribution in [2.75, 3.05) is 12.0 Å². The monoisotopic (exact) mass is 448 g/mol. The van der Waals surface area contributed by atoms with Gasteiger partial charge in [-0.3, -0.25) is 29.9 Å². The first kappa shape index (κ1) is 20.9. The zero-order chi connectivity index (χ0) is 22.8. The van der Waals surface area contributed by atoms with Crippen LogP contribution in [0.15, 0.2) is 72.4 Å². The van der Waals surface area contributed by atoms with Crippen LogP contribution in [0.3, 0.4) is 0 Å². The fraction of sp³-hybridized carbons (Fsp3) is 0.0455. The molecule has 0 spiro atoms. The van der Waals surface area contributed by atoms with E-state index in [0.29, 0.717) is 22.8 Å². The van der Waals surface area contributed by atoms with Crippen LogP contribution in [0.4, 0.5) is 11.4 Å². The number of carbonyl (C=O) groups excluding carboxylic acids is 2. The molecule has 2 heterocycles. The number of carbonyl (C=O) groups is 2. The highest BCUT2D eigenvalue weighted by molar-refractivity contribution is 7.80. The molecule has 32 heavy (non-hydrogen) atoms. The van der Waals surface area contributed by atoms with Crippen molar-refractivity contribution in [1.29, 1.82) is 0 Å². The van der Waals surface area contributed by atoms with Gasteiger partial charge in [-0.25, -0.2) is 0 Å². The SMILES string of the molecule is COc1cccc(N2C(=O)C(=Cc3cccn3-c3ccc([N+](=O)[O-])cc3)C(=O)NC2=S)c1. The summed E-state index contributed by atoms with van der Waals surface area (Å²) in [5.74, 6) is -0.661. The van der Waals surface area contributed by atoms with E-state index in [1.165, 1.54) is 30.2 Å². The van der Waals surface area contributed by atoms with Crippen LogP contribution in [0.25, 0.3) is 11.8 Å². The van der Waals surface area contributed by atoms with Gasteiger partial charge < -0.3 is 9.30 Å². The number of nitro benzene ring substituents is 1. The van der Waals surface area contributed by atoms with Crippen LogP contribution in [0.1, 0.15) is 5.69 Å². The second-order valence-corrected chi connectivity index (χ2v) is 7.12. The molecule has 2 aromatic carbocycles. The Bertz CT molecular complexity index is 1280. The van der Waals surface area contributed by atoms with Gasteiger partial charge >= 0.3 is 0 Å². The molecule has 0 unspecified atom stereocenters. The molecule has 10 heteroatoms. The number of benzene rings is 2. The van der Waals surface area contributed by atoms with Crippen molar-refractivity contribution in [2.45, 2.75) is 0 Å². The minimum atomic E-state index is -0.615. The molecule has 160 valence electrons. The number of nitro groups is 1. The molecule has 1 aliphatic heterocycles. The summed E-state index contributed by atoms with van der Waals surface area (Å²) in [5, 5.41) is 13.4. The first-order valence-electron chi connectivity index (χ1n) is 9.37. The molecule has 0 atom stereocenters. The molecule has 9 nitrogen and oxygen atoms in total. The third kappa shape index (κ3) is 3.86. The number of nitrogens with zero attached hydrogens (tertiary/aromatic N) is 3. The molecule has 0 radical (unpaired) electrons. The van der Waals surface area contributed by atoms with Crippen LogP contribution >= 0.6 is 12.2 Å². The highest BCUT2D eigenvalue weighted by Gasteiger charge is 2.34. The standard InChI is InChI=1S/C22H16N4O5S/c1-31-18-6-2-4-17(12-18)25-21(28)19(20(27)23-22(25)32)13-16-5-3-11-24(16)14-7-9-15(10-8-14)26(29)30/h2-13H,1H3,(H,23,27,32). The minimum absolute atomic E-state index is 0.0313. The number of anilines is 1. The maximum Gasteiger partial charge on any atom is 0.270 e. The van der Waals surface area contributed by atoms with E-state index in [4.69, 9.17) is 17.0 Å². The summed E-state index contributed by atoms with van der Waals surface area (Å²) < 4.78 is 6.92. The van der Waals surface area contributed by atoms with Gasteiger partial charge in [-0.15, -0.1) is 0 Å². The lowest BCUT2D eigenvalue weighted by molar-refractivity contribution is -0.384. The van der Waals surface area contributed by atoms with Gasteiger partial charge in [-0.05, 0) is 54.7 Å². The molecule has 0 aliphatic carbocycles. The Balaban J connectivity index is 1.72. The Hall–Kier alpha value is -4.31. The van der Waals surface area contributed by atoms with Crippen molar-refractivity contribution in [3.05, 3.63) is 88.2 Å². The van der Waals surface area contributed by atoms with Gasteiger partial charge in [-0.1, -0.05) is 6.07 Å². The summed E-state index contributed by atoms with van der Waals surface area (Å²) in [5.41, 5.74) is 1.48. The number of hydrogen-bond donors (Lipinski definition) is 1. The van der Waals surface area contributed by atoms with Crippen LogP contribution < -0.4 is 15.0 Å². The Morgan fingerprint density at radius 1 is 1.06 bits per heavy atom. The van der Waals surface area contributed by atoms with Crippen LogP contribution in [0.5, 0.6) is 5.75 Å². The molecule has 1 aliphatic rings. The highest BCUT2D eigenvalue weighted by Crippen LogP contribution is 2.26. The third-order valence-electron chi connectivity index (χ3n) is 4.82. The molecule has 1 saturated heterocycles. The summed E-state index contributed by atoms with van der Waals surface area (Å²) in [6.45, 7) is 0. The van der Waals surface area contributed by atoms with E-state index in [9.17, 15) is 19.7 Å². The second kappa shape index (κ2) is 8.44. The Labute approximate surface area is 187 Å². The number of non-ortho nitro benzene ring substituents is 1. The Kier molecular flexibility index (Phi) is 5.52. The lowest BCUT2D eigenvalue weighted by Crippen LogP contribution is -2.54. The van der Waals surface area contributed by atoms with Crippen molar-refractivity contribution < 1.29 is 19.2 Å². The van der Waals surface area contributed by atoms with Gasteiger partial charge in [0.15, 0.2) is 5.11 Å². The second-order valence-electron chi connectivity index (χ2n) is 6.74. The average molecular weight is 448 g/mol. The lowest BCUT2D eigenvalue weighted by Gasteiger charge is -2.29. The van der Waals surface area contributed by atoms with E-state index in [1.54, 1.807) is 59.3 Å². The van der Waals surface area contributed by atoms with Crippen LogP contribution in [0.2, 0.25) is 0 Å². The molecule has 4 rings (SSSR count). The number of rotatable bonds is 5. The van der Waals surface area contributed by atoms with Crippen LogP contribution in [0, 0.1) is 10.1 Å². The number of ether oxygens (including phenoxy) is 1. The summed E-state index contributed by atoms with van der Waals surface area (Å²) >= 11 is 5.22. The predicted octanol–water partition coefficient (Wildman–Crippen LogP) is 3.23. The summed E-state index contributed by atoms with van der Waals surface area (Å²) in [7, 11) is 1.51. The summed E-state index contributed by atoms with van der Waals surface area (Å²) in [6.07, 6.45) is 3.18. The largest absolute Gasteiger partial charge is 0.497 e. The molecule has 0 bridgehead atoms. The third-order valence-corrected chi connectivity index (χ3v) is 5.11. The molecule has 3 aromatic rings. The van der Waals surface area contributed by atoms with Crippen molar-refractivity contribution in [3.63, 3.8) is 0 Å². The molecule has 1 N–H and O–H groups in total. The van der Waals surface area contributed by atoms with Gasteiger partial charge in [0.2, 0.25) is 0 Å². The molecule has 1 aromatic heterocycles. The lowest BCUT2D eigenvalue weighted by atomic mass is 10.1.